The number of primary amides is 1. The molecule has 0 aliphatic heterocycles. The normalized spacial score (nSPS) is 23.1. The minimum Gasteiger partial charge on any atom is -0.397 e. The van der Waals surface area contributed by atoms with Gasteiger partial charge in [0.15, 0.2) is 0 Å². The number of aliphatic hydroxyl groups is 1. The molecule has 5 N–H and O–H groups in total. The molecule has 1 aliphatic rings. The van der Waals surface area contributed by atoms with Gasteiger partial charge in [-0.15, -0.1) is 0 Å². The third-order valence-corrected chi connectivity index (χ3v) is 3.88. The van der Waals surface area contributed by atoms with E-state index in [1.165, 1.54) is 0 Å². The van der Waals surface area contributed by atoms with Crippen molar-refractivity contribution in [3.63, 3.8) is 0 Å². The molecule has 0 aromatic heterocycles. The summed E-state index contributed by atoms with van der Waals surface area (Å²) in [5.41, 5.74) is 12.9. The van der Waals surface area contributed by atoms with Crippen LogP contribution in [0.25, 0.3) is 0 Å². The lowest BCUT2D eigenvalue weighted by molar-refractivity contribution is 0.0993. The molecular formula is C14H21N3O2. The van der Waals surface area contributed by atoms with E-state index in [9.17, 15) is 9.90 Å². The van der Waals surface area contributed by atoms with Crippen LogP contribution in [-0.4, -0.2) is 30.2 Å². The number of likely N-dealkylation sites (N-methyl/N-ethyl adjacent to an activating group) is 1. The second kappa shape index (κ2) is 5.48. The van der Waals surface area contributed by atoms with Crippen molar-refractivity contribution in [1.82, 2.24) is 0 Å². The topological polar surface area (TPSA) is 92.6 Å². The first-order valence-corrected chi connectivity index (χ1v) is 6.61. The zero-order valence-electron chi connectivity index (χ0n) is 11.2. The molecule has 104 valence electrons. The lowest BCUT2D eigenvalue weighted by Crippen LogP contribution is -2.44. The smallest absolute Gasteiger partial charge is 0.250 e. The van der Waals surface area contributed by atoms with E-state index in [4.69, 9.17) is 11.5 Å². The lowest BCUT2D eigenvalue weighted by Gasteiger charge is -2.37. The van der Waals surface area contributed by atoms with Gasteiger partial charge in [0, 0.05) is 7.05 Å². The van der Waals surface area contributed by atoms with Crippen LogP contribution in [0.5, 0.6) is 0 Å². The fourth-order valence-electron chi connectivity index (χ4n) is 2.86. The fraction of sp³-hybridized carbons (Fsp3) is 0.500. The lowest BCUT2D eigenvalue weighted by atomic mass is 9.91. The molecule has 1 amide bonds. The first-order chi connectivity index (χ1) is 9.02. The number of carbonyl (C=O) groups excluding carboxylic acids is 1. The predicted octanol–water partition coefficient (Wildman–Crippen LogP) is 1.11. The Morgan fingerprint density at radius 3 is 2.68 bits per heavy atom. The van der Waals surface area contributed by atoms with Crippen molar-refractivity contribution >= 4 is 17.3 Å². The van der Waals surface area contributed by atoms with Crippen molar-refractivity contribution < 1.29 is 9.90 Å². The van der Waals surface area contributed by atoms with Crippen LogP contribution in [0.2, 0.25) is 0 Å². The molecule has 5 nitrogen and oxygen atoms in total. The van der Waals surface area contributed by atoms with Gasteiger partial charge < -0.3 is 21.5 Å². The predicted molar refractivity (Wildman–Crippen MR) is 76.0 cm³/mol. The Kier molecular flexibility index (Phi) is 3.95. The molecular weight excluding hydrogens is 242 g/mol. The molecule has 1 aromatic carbocycles. The highest BCUT2D eigenvalue weighted by Gasteiger charge is 2.29. The van der Waals surface area contributed by atoms with Gasteiger partial charge in [0.05, 0.1) is 29.1 Å². The number of rotatable bonds is 3. The third kappa shape index (κ3) is 2.66. The molecule has 0 radical (unpaired) electrons. The Hall–Kier alpha value is -1.75. The fourth-order valence-corrected chi connectivity index (χ4v) is 2.86. The Morgan fingerprint density at radius 1 is 1.37 bits per heavy atom. The molecule has 0 heterocycles. The maximum absolute atomic E-state index is 11.5. The van der Waals surface area contributed by atoms with E-state index in [0.717, 1.165) is 25.7 Å². The van der Waals surface area contributed by atoms with Crippen molar-refractivity contribution in [2.75, 3.05) is 17.7 Å². The van der Waals surface area contributed by atoms with Crippen LogP contribution in [0.15, 0.2) is 18.2 Å². The second-order valence-corrected chi connectivity index (χ2v) is 5.14. The van der Waals surface area contributed by atoms with Gasteiger partial charge in [-0.05, 0) is 25.0 Å². The van der Waals surface area contributed by atoms with E-state index in [0.29, 0.717) is 16.9 Å². The number of para-hydroxylation sites is 1. The number of nitrogens with zero attached hydrogens (tertiary/aromatic N) is 1. The molecule has 5 heteroatoms. The third-order valence-electron chi connectivity index (χ3n) is 3.88. The molecule has 2 rings (SSSR count). The largest absolute Gasteiger partial charge is 0.397 e. The highest BCUT2D eigenvalue weighted by molar-refractivity contribution is 6.01. The molecule has 1 saturated carbocycles. The van der Waals surface area contributed by atoms with Crippen LogP contribution in [0, 0.1) is 0 Å². The monoisotopic (exact) mass is 263 g/mol. The summed E-state index contributed by atoms with van der Waals surface area (Å²) in [6, 6.07) is 5.11. The number of anilines is 2. The molecule has 1 fully saturated rings. The number of hydrogen-bond acceptors (Lipinski definition) is 4. The Morgan fingerprint density at radius 2 is 2.05 bits per heavy atom. The van der Waals surface area contributed by atoms with Crippen LogP contribution in [0.4, 0.5) is 11.4 Å². The average molecular weight is 263 g/mol. The maximum atomic E-state index is 11.5. The van der Waals surface area contributed by atoms with Gasteiger partial charge in [-0.25, -0.2) is 0 Å². The first-order valence-electron chi connectivity index (χ1n) is 6.61. The van der Waals surface area contributed by atoms with Crippen LogP contribution < -0.4 is 16.4 Å². The minimum absolute atomic E-state index is 0.0171. The van der Waals surface area contributed by atoms with Crippen LogP contribution in [0.3, 0.4) is 0 Å². The standard InChI is InChI=1S/C14H21N3O2/c1-17(11-7-2-3-8-12(11)18)13-9(14(16)19)5-4-6-10(13)15/h4-6,11-12,18H,2-3,7-8,15H2,1H3,(H2,16,19). The molecule has 0 bridgehead atoms. The molecule has 2 unspecified atom stereocenters. The van der Waals surface area contributed by atoms with E-state index in [1.54, 1.807) is 18.2 Å². The Bertz CT molecular complexity index is 476. The summed E-state index contributed by atoms with van der Waals surface area (Å²) in [6.45, 7) is 0. The number of hydrogen-bond donors (Lipinski definition) is 3. The first kappa shape index (κ1) is 13.7. The van der Waals surface area contributed by atoms with Gasteiger partial charge in [-0.3, -0.25) is 4.79 Å². The van der Waals surface area contributed by atoms with Gasteiger partial charge >= 0.3 is 0 Å². The number of aliphatic hydroxyl groups excluding tert-OH is 1. The van der Waals surface area contributed by atoms with Gasteiger partial charge in [0.25, 0.3) is 5.91 Å². The molecule has 2 atom stereocenters. The number of carbonyl (C=O) groups is 1. The van der Waals surface area contributed by atoms with Gasteiger partial charge in [-0.1, -0.05) is 18.9 Å². The van der Waals surface area contributed by atoms with E-state index in [1.807, 2.05) is 11.9 Å². The summed E-state index contributed by atoms with van der Waals surface area (Å²) >= 11 is 0. The van der Waals surface area contributed by atoms with Crippen molar-refractivity contribution in [1.29, 1.82) is 0 Å². The van der Waals surface area contributed by atoms with E-state index >= 15 is 0 Å². The Balaban J connectivity index is 2.37. The zero-order valence-corrected chi connectivity index (χ0v) is 11.2. The van der Waals surface area contributed by atoms with Crippen LogP contribution in [0.1, 0.15) is 36.0 Å². The summed E-state index contributed by atoms with van der Waals surface area (Å²) in [6.07, 6.45) is 3.40. The molecule has 0 spiro atoms. The molecule has 19 heavy (non-hydrogen) atoms. The van der Waals surface area contributed by atoms with Crippen LogP contribution >= 0.6 is 0 Å². The zero-order chi connectivity index (χ0) is 14.0. The highest BCUT2D eigenvalue weighted by atomic mass is 16.3. The molecule has 1 aromatic rings. The van der Waals surface area contributed by atoms with Gasteiger partial charge in [0.2, 0.25) is 0 Å². The molecule has 0 saturated heterocycles. The van der Waals surface area contributed by atoms with Crippen LogP contribution in [-0.2, 0) is 0 Å². The van der Waals surface area contributed by atoms with Crippen molar-refractivity contribution in [3.05, 3.63) is 23.8 Å². The van der Waals surface area contributed by atoms with Crippen molar-refractivity contribution in [2.24, 2.45) is 5.73 Å². The summed E-state index contributed by atoms with van der Waals surface area (Å²) in [5.74, 6) is -0.501. The van der Waals surface area contributed by atoms with Crippen molar-refractivity contribution in [2.45, 2.75) is 37.8 Å². The number of amides is 1. The average Bonchev–Trinajstić information content (AvgIpc) is 2.38. The van der Waals surface area contributed by atoms with E-state index in [-0.39, 0.29) is 12.1 Å². The van der Waals surface area contributed by atoms with Gasteiger partial charge in [-0.2, -0.15) is 0 Å². The Labute approximate surface area is 113 Å². The van der Waals surface area contributed by atoms with Gasteiger partial charge in [0.1, 0.15) is 0 Å². The summed E-state index contributed by atoms with van der Waals surface area (Å²) in [4.78, 5) is 13.4. The molecule has 1 aliphatic carbocycles. The number of nitrogens with two attached hydrogens (primary N) is 2. The minimum atomic E-state index is -0.501. The summed E-state index contributed by atoms with van der Waals surface area (Å²) < 4.78 is 0. The maximum Gasteiger partial charge on any atom is 0.250 e. The van der Waals surface area contributed by atoms with Crippen molar-refractivity contribution in [3.8, 4) is 0 Å². The number of nitrogen functional groups attached to an aromatic ring is 1. The number of benzene rings is 1. The highest BCUT2D eigenvalue weighted by Crippen LogP contribution is 2.32. The summed E-state index contributed by atoms with van der Waals surface area (Å²) in [5, 5.41) is 10.1. The SMILES string of the molecule is CN(c1c(N)cccc1C(N)=O)C1CCCCC1O. The quantitative estimate of drug-likeness (QED) is 0.712. The van der Waals surface area contributed by atoms with E-state index < -0.39 is 5.91 Å². The second-order valence-electron chi connectivity index (χ2n) is 5.14. The van der Waals surface area contributed by atoms with E-state index in [2.05, 4.69) is 0 Å². The summed E-state index contributed by atoms with van der Waals surface area (Å²) in [7, 11) is 1.86.